The van der Waals surface area contributed by atoms with Gasteiger partial charge in [0.05, 0.1) is 12.8 Å². The first-order valence-electron chi connectivity index (χ1n) is 12.4. The fraction of sp³-hybridized carbons (Fsp3) is 0.345. The minimum atomic E-state index is -0.889. The molecular weight excluding hydrogens is 454 g/mol. The smallest absolute Gasteiger partial charge is 0.287 e. The minimum absolute atomic E-state index is 0.0969. The average Bonchev–Trinajstić information content (AvgIpc) is 3.58. The summed E-state index contributed by atoms with van der Waals surface area (Å²) in [7, 11) is 0. The van der Waals surface area contributed by atoms with Gasteiger partial charge in [-0.25, -0.2) is 0 Å². The number of anilines is 1. The molecule has 36 heavy (non-hydrogen) atoms. The van der Waals surface area contributed by atoms with Crippen molar-refractivity contribution in [1.29, 1.82) is 0 Å². The van der Waals surface area contributed by atoms with Gasteiger partial charge < -0.3 is 15.1 Å². The van der Waals surface area contributed by atoms with Crippen LogP contribution in [0.1, 0.15) is 64.5 Å². The molecule has 0 spiro atoms. The van der Waals surface area contributed by atoms with Gasteiger partial charge >= 0.3 is 0 Å². The quantitative estimate of drug-likeness (QED) is 0.479. The van der Waals surface area contributed by atoms with Gasteiger partial charge in [-0.2, -0.15) is 0 Å². The monoisotopic (exact) mass is 487 g/mol. The van der Waals surface area contributed by atoms with E-state index in [4.69, 9.17) is 4.42 Å². The summed E-state index contributed by atoms with van der Waals surface area (Å²) in [5.41, 5.74) is 4.31. The van der Waals surface area contributed by atoms with Crippen LogP contribution in [0, 0.1) is 20.8 Å². The summed E-state index contributed by atoms with van der Waals surface area (Å²) < 4.78 is 5.15. The molecule has 1 saturated carbocycles. The summed E-state index contributed by atoms with van der Waals surface area (Å²) >= 11 is 0. The van der Waals surface area contributed by atoms with Crippen LogP contribution in [-0.4, -0.2) is 30.3 Å². The van der Waals surface area contributed by atoms with E-state index in [1.807, 2.05) is 63.2 Å². The van der Waals surface area contributed by atoms with Gasteiger partial charge in [-0.1, -0.05) is 54.8 Å². The molecule has 0 unspecified atom stereocenters. The predicted molar refractivity (Wildman–Crippen MR) is 139 cm³/mol. The van der Waals surface area contributed by atoms with Crippen LogP contribution < -0.4 is 15.5 Å². The molecule has 3 aromatic rings. The molecule has 0 bridgehead atoms. The van der Waals surface area contributed by atoms with Gasteiger partial charge in [0.25, 0.3) is 5.91 Å². The maximum Gasteiger partial charge on any atom is 0.287 e. The van der Waals surface area contributed by atoms with Crippen LogP contribution in [-0.2, 0) is 9.59 Å². The lowest BCUT2D eigenvalue weighted by atomic mass is 9.99. The van der Waals surface area contributed by atoms with E-state index in [9.17, 15) is 14.4 Å². The van der Waals surface area contributed by atoms with Crippen molar-refractivity contribution in [3.63, 3.8) is 0 Å². The van der Waals surface area contributed by atoms with E-state index in [0.29, 0.717) is 11.3 Å². The SMILES string of the molecule is Cc1ccc([C@H](C(=O)NC2CCCC2)N(C(=O)CNC(=O)c2ccco2)c2cccc(C)c2C)cc1. The van der Waals surface area contributed by atoms with Crippen molar-refractivity contribution >= 4 is 23.4 Å². The van der Waals surface area contributed by atoms with Crippen LogP contribution >= 0.6 is 0 Å². The Hall–Kier alpha value is -3.87. The number of amides is 3. The first-order chi connectivity index (χ1) is 17.3. The predicted octanol–water partition coefficient (Wildman–Crippen LogP) is 4.77. The molecular formula is C29H33N3O4. The molecule has 2 aromatic carbocycles. The number of rotatable bonds is 8. The Morgan fingerprint density at radius 3 is 2.36 bits per heavy atom. The van der Waals surface area contributed by atoms with Gasteiger partial charge in [-0.3, -0.25) is 19.3 Å². The first kappa shape index (κ1) is 25.2. The van der Waals surface area contributed by atoms with Crippen LogP contribution in [0.25, 0.3) is 0 Å². The number of benzene rings is 2. The Morgan fingerprint density at radius 2 is 1.69 bits per heavy atom. The van der Waals surface area contributed by atoms with Crippen LogP contribution in [0.4, 0.5) is 5.69 Å². The van der Waals surface area contributed by atoms with Crippen molar-refractivity contribution < 1.29 is 18.8 Å². The van der Waals surface area contributed by atoms with E-state index in [1.165, 1.54) is 17.2 Å². The third kappa shape index (κ3) is 5.67. The fourth-order valence-corrected chi connectivity index (χ4v) is 4.67. The number of nitrogens with one attached hydrogen (secondary N) is 2. The molecule has 1 heterocycles. The zero-order valence-electron chi connectivity index (χ0n) is 21.0. The minimum Gasteiger partial charge on any atom is -0.459 e. The fourth-order valence-electron chi connectivity index (χ4n) is 4.67. The summed E-state index contributed by atoms with van der Waals surface area (Å²) in [6.07, 6.45) is 5.43. The van der Waals surface area contributed by atoms with Crippen molar-refractivity contribution in [2.75, 3.05) is 11.4 Å². The lowest BCUT2D eigenvalue weighted by Gasteiger charge is -2.33. The normalized spacial score (nSPS) is 14.3. The molecule has 1 atom stereocenters. The highest BCUT2D eigenvalue weighted by Gasteiger charge is 2.35. The standard InChI is InChI=1S/C29H33N3O4/c1-19-13-15-22(16-14-19)27(29(35)31-23-9-4-5-10-23)32(24-11-6-8-20(2)21(24)3)26(33)18-30-28(34)25-12-7-17-36-25/h6-8,11-17,23,27H,4-5,9-10,18H2,1-3H3,(H,30,34)(H,31,35)/t27-/m1/s1. The number of furan rings is 1. The highest BCUT2D eigenvalue weighted by molar-refractivity contribution is 6.04. The molecule has 1 aliphatic rings. The Labute approximate surface area is 211 Å². The van der Waals surface area contributed by atoms with Crippen molar-refractivity contribution in [2.24, 2.45) is 0 Å². The number of hydrogen-bond donors (Lipinski definition) is 2. The third-order valence-electron chi connectivity index (χ3n) is 6.85. The summed E-state index contributed by atoms with van der Waals surface area (Å²) in [5, 5.41) is 5.82. The molecule has 1 fully saturated rings. The molecule has 2 N–H and O–H groups in total. The lowest BCUT2D eigenvalue weighted by molar-refractivity contribution is -0.126. The number of carbonyl (C=O) groups excluding carboxylic acids is 3. The van der Waals surface area contributed by atoms with E-state index in [0.717, 1.165) is 42.4 Å². The van der Waals surface area contributed by atoms with Gasteiger partial charge in [0.1, 0.15) is 6.04 Å². The Morgan fingerprint density at radius 1 is 0.972 bits per heavy atom. The molecule has 0 aliphatic heterocycles. The molecule has 1 aromatic heterocycles. The van der Waals surface area contributed by atoms with E-state index in [2.05, 4.69) is 10.6 Å². The third-order valence-corrected chi connectivity index (χ3v) is 6.85. The molecule has 0 saturated heterocycles. The first-order valence-corrected chi connectivity index (χ1v) is 12.4. The second-order valence-corrected chi connectivity index (χ2v) is 9.45. The number of hydrogen-bond acceptors (Lipinski definition) is 4. The Balaban J connectivity index is 1.72. The van der Waals surface area contributed by atoms with Gasteiger partial charge in [-0.15, -0.1) is 0 Å². The average molecular weight is 488 g/mol. The van der Waals surface area contributed by atoms with Crippen molar-refractivity contribution in [3.8, 4) is 0 Å². The topological polar surface area (TPSA) is 91.7 Å². The number of nitrogens with zero attached hydrogens (tertiary/aromatic N) is 1. The van der Waals surface area contributed by atoms with Crippen LogP contribution in [0.2, 0.25) is 0 Å². The highest BCUT2D eigenvalue weighted by atomic mass is 16.3. The van der Waals surface area contributed by atoms with Gasteiger partial charge in [-0.05, 0) is 68.5 Å². The van der Waals surface area contributed by atoms with E-state index in [-0.39, 0.29) is 24.3 Å². The van der Waals surface area contributed by atoms with E-state index in [1.54, 1.807) is 6.07 Å². The summed E-state index contributed by atoms with van der Waals surface area (Å²) in [6.45, 7) is 5.61. The van der Waals surface area contributed by atoms with Crippen molar-refractivity contribution in [1.82, 2.24) is 10.6 Å². The van der Waals surface area contributed by atoms with Gasteiger partial charge in [0, 0.05) is 11.7 Å². The summed E-state index contributed by atoms with van der Waals surface area (Å²) in [6, 6.07) is 15.7. The molecule has 188 valence electrons. The maximum atomic E-state index is 13.8. The summed E-state index contributed by atoms with van der Waals surface area (Å²) in [4.78, 5) is 41.6. The number of carbonyl (C=O) groups is 3. The molecule has 7 nitrogen and oxygen atoms in total. The molecule has 4 rings (SSSR count). The van der Waals surface area contributed by atoms with E-state index >= 15 is 0 Å². The van der Waals surface area contributed by atoms with Gasteiger partial charge in [0.2, 0.25) is 11.8 Å². The summed E-state index contributed by atoms with van der Waals surface area (Å²) in [5.74, 6) is -0.986. The lowest BCUT2D eigenvalue weighted by Crippen LogP contribution is -2.49. The molecule has 0 radical (unpaired) electrons. The largest absolute Gasteiger partial charge is 0.459 e. The van der Waals surface area contributed by atoms with E-state index < -0.39 is 17.9 Å². The van der Waals surface area contributed by atoms with Gasteiger partial charge in [0.15, 0.2) is 5.76 Å². The zero-order valence-corrected chi connectivity index (χ0v) is 21.0. The van der Waals surface area contributed by atoms with Crippen LogP contribution in [0.3, 0.4) is 0 Å². The Kier molecular flexibility index (Phi) is 7.88. The number of aryl methyl sites for hydroxylation is 2. The second-order valence-electron chi connectivity index (χ2n) is 9.45. The molecule has 1 aliphatic carbocycles. The Bertz CT molecular complexity index is 1210. The second kappa shape index (κ2) is 11.2. The van der Waals surface area contributed by atoms with Crippen LogP contribution in [0.5, 0.6) is 0 Å². The van der Waals surface area contributed by atoms with Crippen molar-refractivity contribution in [3.05, 3.63) is 88.9 Å². The maximum absolute atomic E-state index is 13.8. The molecule has 3 amide bonds. The highest BCUT2D eigenvalue weighted by Crippen LogP contribution is 2.32. The molecule has 7 heteroatoms. The zero-order chi connectivity index (χ0) is 25.7. The van der Waals surface area contributed by atoms with Crippen LogP contribution in [0.15, 0.2) is 65.3 Å². The van der Waals surface area contributed by atoms with Crippen molar-refractivity contribution in [2.45, 2.75) is 58.5 Å².